The highest BCUT2D eigenvalue weighted by Crippen LogP contribution is 2.32. The third-order valence-electron chi connectivity index (χ3n) is 4.39. The summed E-state index contributed by atoms with van der Waals surface area (Å²) in [6.07, 6.45) is -3.67. The quantitative estimate of drug-likeness (QED) is 0.658. The van der Waals surface area contributed by atoms with Gasteiger partial charge in [-0.25, -0.2) is 4.98 Å². The number of likely N-dealkylation sites (N-methyl/N-ethyl adjacent to an activating group) is 1. The summed E-state index contributed by atoms with van der Waals surface area (Å²) in [6, 6.07) is 8.95. The summed E-state index contributed by atoms with van der Waals surface area (Å²) < 4.78 is 37.9. The van der Waals surface area contributed by atoms with Crippen molar-refractivity contribution in [2.45, 2.75) is 25.6 Å². The van der Waals surface area contributed by atoms with Gasteiger partial charge in [0, 0.05) is 25.7 Å². The first kappa shape index (κ1) is 23.0. The second-order valence-corrected chi connectivity index (χ2v) is 7.33. The van der Waals surface area contributed by atoms with Gasteiger partial charge in [0.15, 0.2) is 0 Å². The van der Waals surface area contributed by atoms with E-state index in [0.29, 0.717) is 12.7 Å². The highest BCUT2D eigenvalue weighted by Gasteiger charge is 2.31. The highest BCUT2D eigenvalue weighted by molar-refractivity contribution is 6.32. The summed E-state index contributed by atoms with van der Waals surface area (Å²) in [6.45, 7) is 2.65. The third-order valence-corrected chi connectivity index (χ3v) is 4.68. The number of anilines is 1. The number of amides is 1. The lowest BCUT2D eigenvalue weighted by molar-refractivity contribution is -0.137. The SMILES string of the molecule is Cc1ccc([C@H](CNC(=O)CCNc2ncc(C(F)(F)F)cc2Cl)N(C)C)cc1. The van der Waals surface area contributed by atoms with Crippen LogP contribution in [0.3, 0.4) is 0 Å². The molecule has 2 rings (SSSR count). The van der Waals surface area contributed by atoms with Gasteiger partial charge in [-0.05, 0) is 32.6 Å². The van der Waals surface area contributed by atoms with Crippen LogP contribution in [0, 0.1) is 6.92 Å². The molecule has 0 aliphatic carbocycles. The van der Waals surface area contributed by atoms with E-state index < -0.39 is 11.7 Å². The molecule has 0 fully saturated rings. The molecular weight excluding hydrogens is 405 g/mol. The molecule has 0 saturated heterocycles. The molecular formula is C20H24ClF3N4O. The molecule has 1 heterocycles. The zero-order valence-electron chi connectivity index (χ0n) is 16.5. The van der Waals surface area contributed by atoms with Gasteiger partial charge in [0.25, 0.3) is 0 Å². The molecule has 0 bridgehead atoms. The maximum Gasteiger partial charge on any atom is 0.417 e. The Bertz CT molecular complexity index is 825. The molecule has 1 atom stereocenters. The van der Waals surface area contributed by atoms with Gasteiger partial charge in [-0.2, -0.15) is 13.2 Å². The van der Waals surface area contributed by atoms with Crippen LogP contribution in [0.15, 0.2) is 36.5 Å². The van der Waals surface area contributed by atoms with Gasteiger partial charge >= 0.3 is 6.18 Å². The number of alkyl halides is 3. The number of hydrogen-bond donors (Lipinski definition) is 2. The maximum atomic E-state index is 12.6. The zero-order valence-corrected chi connectivity index (χ0v) is 17.2. The van der Waals surface area contributed by atoms with Gasteiger partial charge in [-0.15, -0.1) is 0 Å². The lowest BCUT2D eigenvalue weighted by Crippen LogP contribution is -2.35. The minimum atomic E-state index is -4.50. The average Bonchev–Trinajstić information content (AvgIpc) is 2.63. The van der Waals surface area contributed by atoms with Crippen LogP contribution in [-0.4, -0.2) is 43.0 Å². The van der Waals surface area contributed by atoms with Crippen LogP contribution in [-0.2, 0) is 11.0 Å². The van der Waals surface area contributed by atoms with E-state index in [0.717, 1.165) is 17.2 Å². The second-order valence-electron chi connectivity index (χ2n) is 6.92. The van der Waals surface area contributed by atoms with Crippen molar-refractivity contribution in [2.24, 2.45) is 0 Å². The number of nitrogens with zero attached hydrogens (tertiary/aromatic N) is 2. The van der Waals surface area contributed by atoms with E-state index in [2.05, 4.69) is 15.6 Å². The predicted octanol–water partition coefficient (Wildman–Crippen LogP) is 4.28. The number of pyridine rings is 1. The van der Waals surface area contributed by atoms with E-state index in [9.17, 15) is 18.0 Å². The summed E-state index contributed by atoms with van der Waals surface area (Å²) in [5.41, 5.74) is 1.34. The molecule has 158 valence electrons. The van der Waals surface area contributed by atoms with Crippen molar-refractivity contribution in [1.29, 1.82) is 0 Å². The molecule has 1 aromatic carbocycles. The Morgan fingerprint density at radius 1 is 1.24 bits per heavy atom. The minimum Gasteiger partial charge on any atom is -0.368 e. The molecule has 1 amide bonds. The van der Waals surface area contributed by atoms with Crippen LogP contribution in [0.25, 0.3) is 0 Å². The number of hydrogen-bond acceptors (Lipinski definition) is 4. The molecule has 29 heavy (non-hydrogen) atoms. The van der Waals surface area contributed by atoms with Crippen molar-refractivity contribution < 1.29 is 18.0 Å². The molecule has 0 unspecified atom stereocenters. The van der Waals surface area contributed by atoms with Crippen LogP contribution in [0.1, 0.15) is 29.2 Å². The van der Waals surface area contributed by atoms with Crippen LogP contribution in [0.2, 0.25) is 5.02 Å². The van der Waals surface area contributed by atoms with Crippen LogP contribution < -0.4 is 10.6 Å². The first-order valence-electron chi connectivity index (χ1n) is 9.04. The monoisotopic (exact) mass is 428 g/mol. The summed E-state index contributed by atoms with van der Waals surface area (Å²) in [5.74, 6) is -0.0715. The minimum absolute atomic E-state index is 0.0264. The number of rotatable bonds is 8. The number of carbonyl (C=O) groups excluding carboxylic acids is 1. The van der Waals surface area contributed by atoms with Gasteiger partial charge < -0.3 is 15.5 Å². The highest BCUT2D eigenvalue weighted by atomic mass is 35.5. The van der Waals surface area contributed by atoms with E-state index in [1.807, 2.05) is 50.2 Å². The van der Waals surface area contributed by atoms with Gasteiger partial charge in [0.1, 0.15) is 5.82 Å². The number of benzene rings is 1. The van der Waals surface area contributed by atoms with Crippen molar-refractivity contribution in [3.8, 4) is 0 Å². The third kappa shape index (κ3) is 6.90. The van der Waals surface area contributed by atoms with E-state index in [4.69, 9.17) is 11.6 Å². The summed E-state index contributed by atoms with van der Waals surface area (Å²) in [5, 5.41) is 5.53. The van der Waals surface area contributed by atoms with Crippen LogP contribution >= 0.6 is 11.6 Å². The first-order chi connectivity index (χ1) is 13.6. The van der Waals surface area contributed by atoms with Crippen LogP contribution in [0.5, 0.6) is 0 Å². The van der Waals surface area contributed by atoms with Crippen molar-refractivity contribution in [1.82, 2.24) is 15.2 Å². The Morgan fingerprint density at radius 3 is 2.45 bits per heavy atom. The van der Waals surface area contributed by atoms with Crippen molar-refractivity contribution in [3.05, 3.63) is 58.2 Å². The predicted molar refractivity (Wildman–Crippen MR) is 108 cm³/mol. The van der Waals surface area contributed by atoms with E-state index >= 15 is 0 Å². The number of aromatic nitrogens is 1. The van der Waals surface area contributed by atoms with E-state index in [1.54, 1.807) is 0 Å². The molecule has 1 aromatic heterocycles. The van der Waals surface area contributed by atoms with E-state index in [1.165, 1.54) is 0 Å². The molecule has 9 heteroatoms. The summed E-state index contributed by atoms with van der Waals surface area (Å²) in [7, 11) is 3.88. The molecule has 5 nitrogen and oxygen atoms in total. The molecule has 0 radical (unpaired) electrons. The molecule has 2 N–H and O–H groups in total. The Balaban J connectivity index is 1.84. The van der Waals surface area contributed by atoms with E-state index in [-0.39, 0.29) is 35.8 Å². The molecule has 0 aliphatic heterocycles. The number of carbonyl (C=O) groups is 1. The van der Waals surface area contributed by atoms with Gasteiger partial charge in [0.2, 0.25) is 5.91 Å². The summed E-state index contributed by atoms with van der Waals surface area (Å²) in [4.78, 5) is 17.9. The number of halogens is 4. The van der Waals surface area contributed by atoms with Crippen LogP contribution in [0.4, 0.5) is 19.0 Å². The molecule has 0 aliphatic rings. The normalized spacial score (nSPS) is 12.7. The topological polar surface area (TPSA) is 57.3 Å². The standard InChI is InChI=1S/C20H24ClF3N4O/c1-13-4-6-14(7-5-13)17(28(2)3)12-26-18(29)8-9-25-19-16(21)10-15(11-27-19)20(22,23)24/h4-7,10-11,17H,8-9,12H2,1-3H3,(H,25,27)(H,26,29)/t17-/m0/s1. The Labute approximate surface area is 173 Å². The second kappa shape index (κ2) is 9.93. The number of aryl methyl sites for hydroxylation is 1. The fourth-order valence-corrected chi connectivity index (χ4v) is 2.94. The van der Waals surface area contributed by atoms with Gasteiger partial charge in [-0.1, -0.05) is 41.4 Å². The Kier molecular flexibility index (Phi) is 7.87. The molecule has 0 saturated carbocycles. The molecule has 0 spiro atoms. The lowest BCUT2D eigenvalue weighted by atomic mass is 10.0. The maximum absolute atomic E-state index is 12.6. The first-order valence-corrected chi connectivity index (χ1v) is 9.42. The van der Waals surface area contributed by atoms with Crippen molar-refractivity contribution >= 4 is 23.3 Å². The number of nitrogens with one attached hydrogen (secondary N) is 2. The fraction of sp³-hybridized carbons (Fsp3) is 0.400. The van der Waals surface area contributed by atoms with Crippen molar-refractivity contribution in [3.63, 3.8) is 0 Å². The lowest BCUT2D eigenvalue weighted by Gasteiger charge is -2.25. The fourth-order valence-electron chi connectivity index (χ4n) is 2.70. The average molecular weight is 429 g/mol. The largest absolute Gasteiger partial charge is 0.417 e. The molecule has 2 aromatic rings. The Hall–Kier alpha value is -2.32. The Morgan fingerprint density at radius 2 is 1.90 bits per heavy atom. The smallest absolute Gasteiger partial charge is 0.368 e. The zero-order chi connectivity index (χ0) is 21.6. The van der Waals surface area contributed by atoms with Gasteiger partial charge in [0.05, 0.1) is 16.6 Å². The van der Waals surface area contributed by atoms with Crippen molar-refractivity contribution in [2.75, 3.05) is 32.5 Å². The summed E-state index contributed by atoms with van der Waals surface area (Å²) >= 11 is 5.84. The van der Waals surface area contributed by atoms with Gasteiger partial charge in [-0.3, -0.25) is 4.79 Å².